The first-order chi connectivity index (χ1) is 7.52. The minimum absolute atomic E-state index is 0.339. The zero-order valence-electron chi connectivity index (χ0n) is 9.26. The third-order valence-corrected chi connectivity index (χ3v) is 3.48. The number of nitrogens with zero attached hydrogens (tertiary/aromatic N) is 1. The molecule has 0 aromatic rings. The smallest absolute Gasteiger partial charge is 0.339 e. The van der Waals surface area contributed by atoms with Crippen molar-refractivity contribution in [2.75, 3.05) is 20.0 Å². The molecule has 0 aromatic heterocycles. The first kappa shape index (κ1) is 12.8. The number of amides is 1. The largest absolute Gasteiger partial charge is 0.467 e. The number of carbonyl (C=O) groups is 3. The van der Waals surface area contributed by atoms with Crippen LogP contribution in [-0.4, -0.2) is 54.1 Å². The lowest BCUT2D eigenvalue weighted by Gasteiger charge is -2.24. The molecule has 0 bridgehead atoms. The second-order valence-corrected chi connectivity index (χ2v) is 4.29. The molecule has 1 rings (SSSR count). The number of ether oxygens (including phenoxy) is 2. The van der Waals surface area contributed by atoms with Gasteiger partial charge in [0.1, 0.15) is 6.04 Å². The van der Waals surface area contributed by atoms with Gasteiger partial charge in [-0.25, -0.2) is 9.59 Å². The van der Waals surface area contributed by atoms with E-state index >= 15 is 0 Å². The molecule has 7 heteroatoms. The Morgan fingerprint density at radius 2 is 1.75 bits per heavy atom. The highest BCUT2D eigenvalue weighted by Crippen LogP contribution is 2.30. The van der Waals surface area contributed by atoms with Crippen molar-refractivity contribution in [1.82, 2.24) is 4.90 Å². The fourth-order valence-electron chi connectivity index (χ4n) is 1.49. The van der Waals surface area contributed by atoms with Crippen molar-refractivity contribution in [3.63, 3.8) is 0 Å². The van der Waals surface area contributed by atoms with E-state index in [1.807, 2.05) is 0 Å². The van der Waals surface area contributed by atoms with Crippen molar-refractivity contribution in [2.45, 2.75) is 18.3 Å². The molecule has 1 fully saturated rings. The maximum Gasteiger partial charge on any atom is 0.339 e. The van der Waals surface area contributed by atoms with Gasteiger partial charge >= 0.3 is 11.9 Å². The predicted octanol–water partition coefficient (Wildman–Crippen LogP) is -0.378. The Kier molecular flexibility index (Phi) is 4.17. The lowest BCUT2D eigenvalue weighted by Crippen LogP contribution is -2.47. The zero-order chi connectivity index (χ0) is 12.3. The highest BCUT2D eigenvalue weighted by atomic mass is 32.2. The fraction of sp³-hybridized carbons (Fsp3) is 0.667. The third kappa shape index (κ3) is 2.29. The molecule has 1 aliphatic heterocycles. The summed E-state index contributed by atoms with van der Waals surface area (Å²) < 4.78 is 9.15. The number of methoxy groups -OCH3 is 2. The van der Waals surface area contributed by atoms with Gasteiger partial charge < -0.3 is 14.4 Å². The molecule has 0 aromatic carbocycles. The molecule has 0 spiro atoms. The van der Waals surface area contributed by atoms with Gasteiger partial charge in [0.05, 0.1) is 14.2 Å². The number of thioether (sulfide) groups is 1. The highest BCUT2D eigenvalue weighted by molar-refractivity contribution is 8.00. The summed E-state index contributed by atoms with van der Waals surface area (Å²) in [6.07, 6.45) is 0. The van der Waals surface area contributed by atoms with E-state index in [1.165, 1.54) is 37.8 Å². The van der Waals surface area contributed by atoms with Crippen molar-refractivity contribution in [3.05, 3.63) is 0 Å². The summed E-state index contributed by atoms with van der Waals surface area (Å²) in [7, 11) is 2.49. The molecule has 90 valence electrons. The quantitative estimate of drug-likeness (QED) is 0.619. The maximum absolute atomic E-state index is 11.4. The van der Waals surface area contributed by atoms with Gasteiger partial charge in [0, 0.05) is 12.7 Å². The summed E-state index contributed by atoms with van der Waals surface area (Å²) in [5.74, 6) is -1.07. The summed E-state index contributed by atoms with van der Waals surface area (Å²) in [5.41, 5.74) is 0. The number of hydrogen-bond acceptors (Lipinski definition) is 6. The summed E-state index contributed by atoms with van der Waals surface area (Å²) in [6, 6.07) is -0.711. The van der Waals surface area contributed by atoms with Crippen LogP contribution in [0.3, 0.4) is 0 Å². The highest BCUT2D eigenvalue weighted by Gasteiger charge is 2.44. The molecule has 1 aliphatic rings. The second-order valence-electron chi connectivity index (χ2n) is 3.17. The van der Waals surface area contributed by atoms with E-state index in [-0.39, 0.29) is 5.91 Å². The third-order valence-electron chi connectivity index (χ3n) is 2.24. The molecule has 0 radical (unpaired) electrons. The first-order valence-electron chi connectivity index (χ1n) is 4.59. The van der Waals surface area contributed by atoms with Crippen LogP contribution in [-0.2, 0) is 23.9 Å². The monoisotopic (exact) mass is 247 g/mol. The van der Waals surface area contributed by atoms with E-state index in [9.17, 15) is 14.4 Å². The number of rotatable bonds is 2. The summed E-state index contributed by atoms with van der Waals surface area (Å²) in [6.45, 7) is 1.30. The molecule has 16 heavy (non-hydrogen) atoms. The molecule has 2 unspecified atom stereocenters. The lowest BCUT2D eigenvalue weighted by atomic mass is 10.3. The first-order valence-corrected chi connectivity index (χ1v) is 5.64. The van der Waals surface area contributed by atoms with Gasteiger partial charge in [-0.2, -0.15) is 0 Å². The van der Waals surface area contributed by atoms with Crippen molar-refractivity contribution in [2.24, 2.45) is 0 Å². The van der Waals surface area contributed by atoms with Gasteiger partial charge in [0.25, 0.3) is 0 Å². The van der Waals surface area contributed by atoms with E-state index in [4.69, 9.17) is 0 Å². The summed E-state index contributed by atoms with van der Waals surface area (Å²) >= 11 is 1.19. The molecular weight excluding hydrogens is 234 g/mol. The van der Waals surface area contributed by atoms with Gasteiger partial charge in [0.15, 0.2) is 5.37 Å². The Labute approximate surface area is 97.2 Å². The van der Waals surface area contributed by atoms with Crippen LogP contribution < -0.4 is 0 Å². The molecular formula is C9H13NO5S. The SMILES string of the molecule is COC(=O)C1CSC(C(=O)OC)N1C(C)=O. The van der Waals surface area contributed by atoms with E-state index in [0.29, 0.717) is 5.75 Å². The Bertz CT molecular complexity index is 295. The Morgan fingerprint density at radius 3 is 2.19 bits per heavy atom. The van der Waals surface area contributed by atoms with Crippen LogP contribution in [0.5, 0.6) is 0 Å². The topological polar surface area (TPSA) is 72.9 Å². The minimum atomic E-state index is -0.758. The average Bonchev–Trinajstić information content (AvgIpc) is 2.71. The van der Waals surface area contributed by atoms with Crippen LogP contribution in [0.25, 0.3) is 0 Å². The van der Waals surface area contributed by atoms with Crippen LogP contribution in [0.1, 0.15) is 6.92 Å². The predicted molar refractivity (Wildman–Crippen MR) is 56.6 cm³/mol. The second kappa shape index (κ2) is 5.20. The van der Waals surface area contributed by atoms with Crippen LogP contribution in [0.15, 0.2) is 0 Å². The molecule has 0 saturated carbocycles. The Morgan fingerprint density at radius 1 is 1.19 bits per heavy atom. The molecule has 2 atom stereocenters. The van der Waals surface area contributed by atoms with Gasteiger partial charge in [0.2, 0.25) is 5.91 Å². The molecule has 1 amide bonds. The number of hydrogen-bond donors (Lipinski definition) is 0. The zero-order valence-corrected chi connectivity index (χ0v) is 10.1. The van der Waals surface area contributed by atoms with Crippen molar-refractivity contribution >= 4 is 29.6 Å². The Hall–Kier alpha value is -1.24. The van der Waals surface area contributed by atoms with E-state index < -0.39 is 23.4 Å². The van der Waals surface area contributed by atoms with E-state index in [2.05, 4.69) is 9.47 Å². The van der Waals surface area contributed by atoms with Crippen molar-refractivity contribution < 1.29 is 23.9 Å². The average molecular weight is 247 g/mol. The maximum atomic E-state index is 11.4. The molecule has 0 N–H and O–H groups in total. The van der Waals surface area contributed by atoms with Crippen molar-refractivity contribution in [3.8, 4) is 0 Å². The van der Waals surface area contributed by atoms with Crippen LogP contribution in [0.2, 0.25) is 0 Å². The van der Waals surface area contributed by atoms with Gasteiger partial charge in [-0.15, -0.1) is 11.8 Å². The Balaban J connectivity index is 2.89. The van der Waals surface area contributed by atoms with E-state index in [0.717, 1.165) is 0 Å². The summed E-state index contributed by atoms with van der Waals surface area (Å²) in [4.78, 5) is 35.4. The van der Waals surface area contributed by atoms with Gasteiger partial charge in [-0.05, 0) is 0 Å². The standard InChI is InChI=1S/C9H13NO5S/c1-5(11)10-6(8(12)14-2)4-16-7(10)9(13)15-3/h6-7H,4H2,1-3H3. The molecule has 1 saturated heterocycles. The summed E-state index contributed by atoms with van der Waals surface area (Å²) in [5, 5.41) is -0.758. The number of esters is 2. The minimum Gasteiger partial charge on any atom is -0.467 e. The molecule has 0 aliphatic carbocycles. The fourth-order valence-corrected chi connectivity index (χ4v) is 2.84. The van der Waals surface area contributed by atoms with Gasteiger partial charge in [-0.1, -0.05) is 0 Å². The number of carbonyl (C=O) groups excluding carboxylic acids is 3. The van der Waals surface area contributed by atoms with Crippen LogP contribution in [0, 0.1) is 0 Å². The van der Waals surface area contributed by atoms with Gasteiger partial charge in [-0.3, -0.25) is 4.79 Å². The molecule has 1 heterocycles. The molecule has 6 nitrogen and oxygen atoms in total. The normalized spacial score (nSPS) is 24.1. The van der Waals surface area contributed by atoms with E-state index in [1.54, 1.807) is 0 Å². The van der Waals surface area contributed by atoms with Crippen molar-refractivity contribution in [1.29, 1.82) is 0 Å². The van der Waals surface area contributed by atoms with Crippen LogP contribution >= 0.6 is 11.8 Å². The van der Waals surface area contributed by atoms with Crippen LogP contribution in [0.4, 0.5) is 0 Å². The lowest BCUT2D eigenvalue weighted by molar-refractivity contribution is -0.155.